The van der Waals surface area contributed by atoms with Crippen LogP contribution in [0.1, 0.15) is 19.4 Å². The molecule has 0 bridgehead atoms. The van der Waals surface area contributed by atoms with Crippen LogP contribution in [0.4, 0.5) is 11.4 Å². The van der Waals surface area contributed by atoms with E-state index in [1.807, 2.05) is 48.2 Å². The highest BCUT2D eigenvalue weighted by atomic mass is 16.6. The number of nitrogens with zero attached hydrogens (tertiary/aromatic N) is 1. The standard InChI is InChI=1S/C20H22N2O3/c1-13-11-15-5-3-4-6-17(15)22(13)20(23)14(2)21-16-7-8-18-19(12-16)25-10-9-24-18/h3-8,12-14,21H,9-11H2,1-2H3/t13-,14-/m0/s1. The number of carbonyl (C=O) groups is 1. The molecule has 5 nitrogen and oxygen atoms in total. The lowest BCUT2D eigenvalue weighted by atomic mass is 10.1. The number of hydrogen-bond acceptors (Lipinski definition) is 4. The summed E-state index contributed by atoms with van der Waals surface area (Å²) in [5.74, 6) is 1.54. The summed E-state index contributed by atoms with van der Waals surface area (Å²) in [6, 6.07) is 13.6. The number of carbonyl (C=O) groups excluding carboxylic acids is 1. The average Bonchev–Trinajstić information content (AvgIpc) is 2.96. The zero-order chi connectivity index (χ0) is 17.4. The molecule has 2 aliphatic rings. The van der Waals surface area contributed by atoms with Crippen LogP contribution >= 0.6 is 0 Å². The fraction of sp³-hybridized carbons (Fsp3) is 0.350. The zero-order valence-electron chi connectivity index (χ0n) is 14.5. The molecular formula is C20H22N2O3. The van der Waals surface area contributed by atoms with Crippen LogP contribution in [0, 0.1) is 0 Å². The predicted molar refractivity (Wildman–Crippen MR) is 97.6 cm³/mol. The van der Waals surface area contributed by atoms with Crippen molar-refractivity contribution in [2.24, 2.45) is 0 Å². The summed E-state index contributed by atoms with van der Waals surface area (Å²) in [4.78, 5) is 14.9. The Bertz CT molecular complexity index is 805. The van der Waals surface area contributed by atoms with Crippen molar-refractivity contribution < 1.29 is 14.3 Å². The molecule has 0 aromatic heterocycles. The molecule has 0 saturated carbocycles. The van der Waals surface area contributed by atoms with Gasteiger partial charge in [0, 0.05) is 23.5 Å². The monoisotopic (exact) mass is 338 g/mol. The van der Waals surface area contributed by atoms with E-state index in [0.29, 0.717) is 13.2 Å². The smallest absolute Gasteiger partial charge is 0.249 e. The van der Waals surface area contributed by atoms with E-state index in [9.17, 15) is 4.79 Å². The summed E-state index contributed by atoms with van der Waals surface area (Å²) in [7, 11) is 0. The Hall–Kier alpha value is -2.69. The predicted octanol–water partition coefficient (Wildman–Crippen LogP) is 3.24. The number of anilines is 2. The summed E-state index contributed by atoms with van der Waals surface area (Å²) >= 11 is 0. The van der Waals surface area contributed by atoms with Gasteiger partial charge in [0.1, 0.15) is 19.3 Å². The zero-order valence-corrected chi connectivity index (χ0v) is 14.5. The van der Waals surface area contributed by atoms with Gasteiger partial charge in [0.2, 0.25) is 5.91 Å². The van der Waals surface area contributed by atoms with Gasteiger partial charge in [0.25, 0.3) is 0 Å². The van der Waals surface area contributed by atoms with Crippen LogP contribution in [0.25, 0.3) is 0 Å². The van der Waals surface area contributed by atoms with E-state index < -0.39 is 0 Å². The molecule has 2 heterocycles. The van der Waals surface area contributed by atoms with E-state index in [1.165, 1.54) is 5.56 Å². The Labute approximate surface area is 147 Å². The SMILES string of the molecule is C[C@H](Nc1ccc2c(c1)OCCO2)C(=O)N1c2ccccc2C[C@@H]1C. The lowest BCUT2D eigenvalue weighted by molar-refractivity contribution is -0.119. The Morgan fingerprint density at radius 2 is 1.92 bits per heavy atom. The van der Waals surface area contributed by atoms with Crippen LogP contribution in [-0.2, 0) is 11.2 Å². The number of ether oxygens (including phenoxy) is 2. The van der Waals surface area contributed by atoms with E-state index in [0.717, 1.165) is 29.3 Å². The van der Waals surface area contributed by atoms with Gasteiger partial charge in [-0.15, -0.1) is 0 Å². The largest absolute Gasteiger partial charge is 0.486 e. The molecule has 130 valence electrons. The Kier molecular flexibility index (Phi) is 3.99. The molecule has 0 saturated heterocycles. The van der Waals surface area contributed by atoms with Gasteiger partial charge in [-0.25, -0.2) is 0 Å². The number of fused-ring (bicyclic) bond motifs is 2. The fourth-order valence-corrected chi connectivity index (χ4v) is 3.55. The highest BCUT2D eigenvalue weighted by Crippen LogP contribution is 2.34. The van der Waals surface area contributed by atoms with Crippen LogP contribution in [-0.4, -0.2) is 31.2 Å². The lowest BCUT2D eigenvalue weighted by Crippen LogP contribution is -2.44. The first-order chi connectivity index (χ1) is 12.1. The molecule has 4 rings (SSSR count). The van der Waals surface area contributed by atoms with Gasteiger partial charge in [0.05, 0.1) is 0 Å². The second kappa shape index (κ2) is 6.31. The molecule has 0 aliphatic carbocycles. The van der Waals surface area contributed by atoms with Gasteiger partial charge < -0.3 is 19.7 Å². The molecule has 2 aromatic rings. The van der Waals surface area contributed by atoms with E-state index in [1.54, 1.807) is 0 Å². The molecule has 0 unspecified atom stereocenters. The molecule has 0 radical (unpaired) electrons. The van der Waals surface area contributed by atoms with Crippen LogP contribution < -0.4 is 19.7 Å². The summed E-state index contributed by atoms with van der Waals surface area (Å²) in [6.45, 7) is 5.11. The third-order valence-corrected chi connectivity index (χ3v) is 4.74. The number of rotatable bonds is 3. The van der Waals surface area contributed by atoms with E-state index in [2.05, 4.69) is 18.3 Å². The highest BCUT2D eigenvalue weighted by molar-refractivity contribution is 6.00. The molecule has 2 atom stereocenters. The Morgan fingerprint density at radius 3 is 2.76 bits per heavy atom. The molecule has 5 heteroatoms. The number of para-hydroxylation sites is 1. The minimum atomic E-state index is -0.337. The van der Waals surface area contributed by atoms with Crippen molar-refractivity contribution in [3.63, 3.8) is 0 Å². The number of hydrogen-bond donors (Lipinski definition) is 1. The first-order valence-corrected chi connectivity index (χ1v) is 8.70. The number of nitrogens with one attached hydrogen (secondary N) is 1. The molecule has 1 N–H and O–H groups in total. The fourth-order valence-electron chi connectivity index (χ4n) is 3.55. The van der Waals surface area contributed by atoms with Gasteiger partial charge in [-0.2, -0.15) is 0 Å². The van der Waals surface area contributed by atoms with Crippen molar-refractivity contribution in [2.45, 2.75) is 32.4 Å². The van der Waals surface area contributed by atoms with Crippen molar-refractivity contribution in [3.05, 3.63) is 48.0 Å². The van der Waals surface area contributed by atoms with E-state index in [-0.39, 0.29) is 18.0 Å². The Balaban J connectivity index is 1.51. The minimum Gasteiger partial charge on any atom is -0.486 e. The third-order valence-electron chi connectivity index (χ3n) is 4.74. The molecule has 25 heavy (non-hydrogen) atoms. The lowest BCUT2D eigenvalue weighted by Gasteiger charge is -2.27. The van der Waals surface area contributed by atoms with Crippen molar-refractivity contribution in [1.29, 1.82) is 0 Å². The second-order valence-corrected chi connectivity index (χ2v) is 6.61. The first kappa shape index (κ1) is 15.8. The summed E-state index contributed by atoms with van der Waals surface area (Å²) < 4.78 is 11.1. The average molecular weight is 338 g/mol. The minimum absolute atomic E-state index is 0.0762. The summed E-state index contributed by atoms with van der Waals surface area (Å²) in [5, 5.41) is 3.29. The maximum atomic E-state index is 13.0. The molecule has 0 fully saturated rings. The molecule has 2 aromatic carbocycles. The van der Waals surface area contributed by atoms with Crippen LogP contribution in [0.5, 0.6) is 11.5 Å². The Morgan fingerprint density at radius 1 is 1.16 bits per heavy atom. The summed E-state index contributed by atoms with van der Waals surface area (Å²) in [6.07, 6.45) is 0.901. The first-order valence-electron chi connectivity index (χ1n) is 8.70. The molecular weight excluding hydrogens is 316 g/mol. The molecule has 2 aliphatic heterocycles. The van der Waals surface area contributed by atoms with Crippen LogP contribution in [0.3, 0.4) is 0 Å². The van der Waals surface area contributed by atoms with Gasteiger partial charge in [0.15, 0.2) is 11.5 Å². The van der Waals surface area contributed by atoms with Crippen molar-refractivity contribution >= 4 is 17.3 Å². The van der Waals surface area contributed by atoms with Crippen molar-refractivity contribution in [1.82, 2.24) is 0 Å². The van der Waals surface area contributed by atoms with Gasteiger partial charge in [-0.1, -0.05) is 18.2 Å². The van der Waals surface area contributed by atoms with Crippen LogP contribution in [0.2, 0.25) is 0 Å². The van der Waals surface area contributed by atoms with Crippen molar-refractivity contribution in [3.8, 4) is 11.5 Å². The third kappa shape index (κ3) is 2.90. The van der Waals surface area contributed by atoms with E-state index >= 15 is 0 Å². The number of amides is 1. The normalized spacial score (nSPS) is 19.3. The van der Waals surface area contributed by atoms with Gasteiger partial charge in [-0.05, 0) is 44.0 Å². The maximum absolute atomic E-state index is 13.0. The van der Waals surface area contributed by atoms with Crippen LogP contribution in [0.15, 0.2) is 42.5 Å². The van der Waals surface area contributed by atoms with Gasteiger partial charge >= 0.3 is 0 Å². The molecule has 0 spiro atoms. The highest BCUT2D eigenvalue weighted by Gasteiger charge is 2.33. The number of benzene rings is 2. The maximum Gasteiger partial charge on any atom is 0.249 e. The summed E-state index contributed by atoms with van der Waals surface area (Å²) in [5.41, 5.74) is 3.11. The molecule has 1 amide bonds. The quantitative estimate of drug-likeness (QED) is 0.933. The van der Waals surface area contributed by atoms with Crippen molar-refractivity contribution in [2.75, 3.05) is 23.4 Å². The van der Waals surface area contributed by atoms with E-state index in [4.69, 9.17) is 9.47 Å². The topological polar surface area (TPSA) is 50.8 Å². The second-order valence-electron chi connectivity index (χ2n) is 6.61. The van der Waals surface area contributed by atoms with Gasteiger partial charge in [-0.3, -0.25) is 4.79 Å².